The summed E-state index contributed by atoms with van der Waals surface area (Å²) in [5, 5.41) is 3.28. The molecule has 3 rings (SSSR count). The van der Waals surface area contributed by atoms with Crippen molar-refractivity contribution in [1.82, 2.24) is 15.0 Å². The van der Waals surface area contributed by atoms with E-state index in [-0.39, 0.29) is 17.5 Å². The molecule has 1 N–H and O–H groups in total. The molecule has 1 saturated heterocycles. The van der Waals surface area contributed by atoms with Gasteiger partial charge in [-0.1, -0.05) is 0 Å². The SMILES string of the molecule is Cc1nc(NCc2ccncc2)cc(N(C)C2CCS(=O)(=O)C2)n1. The summed E-state index contributed by atoms with van der Waals surface area (Å²) in [6, 6.07) is 5.71. The molecule has 0 aromatic carbocycles. The molecule has 1 atom stereocenters. The predicted molar refractivity (Wildman–Crippen MR) is 93.8 cm³/mol. The van der Waals surface area contributed by atoms with Crippen molar-refractivity contribution in [3.63, 3.8) is 0 Å². The van der Waals surface area contributed by atoms with Crippen molar-refractivity contribution in [2.75, 3.05) is 28.8 Å². The zero-order valence-electron chi connectivity index (χ0n) is 13.8. The molecule has 8 heteroatoms. The Morgan fingerprint density at radius 2 is 2.04 bits per heavy atom. The average Bonchev–Trinajstić information content (AvgIpc) is 2.93. The minimum atomic E-state index is -2.92. The van der Waals surface area contributed by atoms with Crippen LogP contribution in [0.2, 0.25) is 0 Å². The highest BCUT2D eigenvalue weighted by Gasteiger charge is 2.31. The Morgan fingerprint density at radius 1 is 1.29 bits per heavy atom. The van der Waals surface area contributed by atoms with Gasteiger partial charge in [-0.15, -0.1) is 0 Å². The van der Waals surface area contributed by atoms with Gasteiger partial charge in [-0.05, 0) is 31.0 Å². The van der Waals surface area contributed by atoms with Crippen molar-refractivity contribution in [1.29, 1.82) is 0 Å². The molecule has 128 valence electrons. The Bertz CT molecular complexity index is 810. The first-order valence-electron chi connectivity index (χ1n) is 7.85. The van der Waals surface area contributed by atoms with Crippen molar-refractivity contribution in [2.24, 2.45) is 0 Å². The third-order valence-electron chi connectivity index (χ3n) is 4.16. The smallest absolute Gasteiger partial charge is 0.152 e. The second-order valence-corrected chi connectivity index (χ2v) is 8.26. The fourth-order valence-corrected chi connectivity index (χ4v) is 4.56. The van der Waals surface area contributed by atoms with E-state index < -0.39 is 9.84 Å². The van der Waals surface area contributed by atoms with Gasteiger partial charge in [0, 0.05) is 38.1 Å². The number of anilines is 2. The first-order valence-corrected chi connectivity index (χ1v) is 9.67. The third kappa shape index (κ3) is 4.00. The monoisotopic (exact) mass is 347 g/mol. The Labute approximate surface area is 142 Å². The van der Waals surface area contributed by atoms with Crippen molar-refractivity contribution in [3.8, 4) is 0 Å². The lowest BCUT2D eigenvalue weighted by atomic mass is 10.2. The van der Waals surface area contributed by atoms with Crippen LogP contribution in [0.4, 0.5) is 11.6 Å². The fourth-order valence-electron chi connectivity index (χ4n) is 2.78. The maximum atomic E-state index is 11.7. The molecule has 0 amide bonds. The van der Waals surface area contributed by atoms with Crippen molar-refractivity contribution in [2.45, 2.75) is 25.9 Å². The van der Waals surface area contributed by atoms with E-state index in [1.54, 1.807) is 12.4 Å². The summed E-state index contributed by atoms with van der Waals surface area (Å²) in [6.07, 6.45) is 4.14. The van der Waals surface area contributed by atoms with E-state index >= 15 is 0 Å². The van der Waals surface area contributed by atoms with Crippen LogP contribution in [0.25, 0.3) is 0 Å². The van der Waals surface area contributed by atoms with E-state index in [0.29, 0.717) is 18.8 Å². The summed E-state index contributed by atoms with van der Waals surface area (Å²) in [7, 11) is -1.03. The maximum absolute atomic E-state index is 11.7. The minimum Gasteiger partial charge on any atom is -0.366 e. The number of aryl methyl sites for hydroxylation is 1. The van der Waals surface area contributed by atoms with Crippen molar-refractivity contribution >= 4 is 21.5 Å². The van der Waals surface area contributed by atoms with Crippen LogP contribution < -0.4 is 10.2 Å². The van der Waals surface area contributed by atoms with Crippen LogP contribution in [0.1, 0.15) is 17.8 Å². The number of pyridine rings is 1. The van der Waals surface area contributed by atoms with Crippen LogP contribution in [-0.4, -0.2) is 48.0 Å². The normalized spacial score (nSPS) is 19.2. The molecule has 1 aliphatic heterocycles. The van der Waals surface area contributed by atoms with Crippen LogP contribution in [0.5, 0.6) is 0 Å². The molecule has 1 unspecified atom stereocenters. The summed E-state index contributed by atoms with van der Waals surface area (Å²) < 4.78 is 23.4. The van der Waals surface area contributed by atoms with Crippen LogP contribution in [0, 0.1) is 6.92 Å². The van der Waals surface area contributed by atoms with Gasteiger partial charge in [-0.2, -0.15) is 0 Å². The van der Waals surface area contributed by atoms with E-state index in [1.807, 2.05) is 37.1 Å². The number of nitrogens with zero attached hydrogens (tertiary/aromatic N) is 4. The zero-order chi connectivity index (χ0) is 17.2. The van der Waals surface area contributed by atoms with E-state index in [2.05, 4.69) is 20.3 Å². The first-order chi connectivity index (χ1) is 11.4. The number of hydrogen-bond donors (Lipinski definition) is 1. The summed E-state index contributed by atoms with van der Waals surface area (Å²) in [6.45, 7) is 2.47. The standard InChI is InChI=1S/C16H21N5O2S/c1-12-19-15(18-10-13-3-6-17-7-4-13)9-16(20-12)21(2)14-5-8-24(22,23)11-14/h3-4,6-7,9,14H,5,8,10-11H2,1-2H3,(H,18,19,20). The lowest BCUT2D eigenvalue weighted by Crippen LogP contribution is -2.33. The quantitative estimate of drug-likeness (QED) is 0.875. The van der Waals surface area contributed by atoms with Gasteiger partial charge < -0.3 is 10.2 Å². The molecular formula is C16H21N5O2S. The molecule has 2 aromatic heterocycles. The molecule has 7 nitrogen and oxygen atoms in total. The molecule has 2 aromatic rings. The Kier molecular flexibility index (Phi) is 4.66. The molecule has 0 radical (unpaired) electrons. The van der Waals surface area contributed by atoms with Crippen LogP contribution in [0.15, 0.2) is 30.6 Å². The number of aromatic nitrogens is 3. The average molecular weight is 347 g/mol. The number of rotatable bonds is 5. The van der Waals surface area contributed by atoms with Gasteiger partial charge in [0.15, 0.2) is 9.84 Å². The molecular weight excluding hydrogens is 326 g/mol. The summed E-state index contributed by atoms with van der Waals surface area (Å²) in [5.41, 5.74) is 1.11. The second-order valence-electron chi connectivity index (χ2n) is 6.04. The van der Waals surface area contributed by atoms with Crippen molar-refractivity contribution in [3.05, 3.63) is 42.0 Å². The van der Waals surface area contributed by atoms with Crippen LogP contribution in [-0.2, 0) is 16.4 Å². The van der Waals surface area contributed by atoms with Crippen molar-refractivity contribution < 1.29 is 8.42 Å². The Hall–Kier alpha value is -2.22. The second kappa shape index (κ2) is 6.72. The lowest BCUT2D eigenvalue weighted by Gasteiger charge is -2.25. The molecule has 0 spiro atoms. The highest BCUT2D eigenvalue weighted by molar-refractivity contribution is 7.91. The van der Waals surface area contributed by atoms with Crippen LogP contribution >= 0.6 is 0 Å². The maximum Gasteiger partial charge on any atom is 0.152 e. The van der Waals surface area contributed by atoms with Gasteiger partial charge in [0.1, 0.15) is 17.5 Å². The fraction of sp³-hybridized carbons (Fsp3) is 0.438. The number of nitrogens with one attached hydrogen (secondary N) is 1. The highest BCUT2D eigenvalue weighted by Crippen LogP contribution is 2.23. The van der Waals surface area contributed by atoms with E-state index in [1.165, 1.54) is 0 Å². The third-order valence-corrected chi connectivity index (χ3v) is 5.92. The van der Waals surface area contributed by atoms with E-state index in [0.717, 1.165) is 17.2 Å². The molecule has 0 bridgehead atoms. The van der Waals surface area contributed by atoms with Gasteiger partial charge in [0.05, 0.1) is 11.5 Å². The van der Waals surface area contributed by atoms with Gasteiger partial charge >= 0.3 is 0 Å². The lowest BCUT2D eigenvalue weighted by molar-refractivity contribution is 0.600. The predicted octanol–water partition coefficient (Wildman–Crippen LogP) is 1.42. The minimum absolute atomic E-state index is 0.0302. The molecule has 1 fully saturated rings. The molecule has 1 aliphatic rings. The first kappa shape index (κ1) is 16.6. The van der Waals surface area contributed by atoms with Gasteiger partial charge in [-0.3, -0.25) is 4.98 Å². The molecule has 0 saturated carbocycles. The Morgan fingerprint density at radius 3 is 2.71 bits per heavy atom. The highest BCUT2D eigenvalue weighted by atomic mass is 32.2. The zero-order valence-corrected chi connectivity index (χ0v) is 14.6. The van der Waals surface area contributed by atoms with Gasteiger partial charge in [0.25, 0.3) is 0 Å². The topological polar surface area (TPSA) is 88.1 Å². The molecule has 3 heterocycles. The van der Waals surface area contributed by atoms with Crippen LogP contribution in [0.3, 0.4) is 0 Å². The largest absolute Gasteiger partial charge is 0.366 e. The van der Waals surface area contributed by atoms with Gasteiger partial charge in [0.2, 0.25) is 0 Å². The number of hydrogen-bond acceptors (Lipinski definition) is 7. The Balaban J connectivity index is 1.74. The van der Waals surface area contributed by atoms with Gasteiger partial charge in [-0.25, -0.2) is 18.4 Å². The summed E-state index contributed by atoms with van der Waals surface area (Å²) in [4.78, 5) is 14.8. The molecule has 0 aliphatic carbocycles. The number of sulfone groups is 1. The van der Waals surface area contributed by atoms with E-state index in [4.69, 9.17) is 0 Å². The van der Waals surface area contributed by atoms with E-state index in [9.17, 15) is 8.42 Å². The summed E-state index contributed by atoms with van der Waals surface area (Å²) in [5.74, 6) is 2.55. The molecule has 24 heavy (non-hydrogen) atoms. The summed E-state index contributed by atoms with van der Waals surface area (Å²) >= 11 is 0.